The molecular formula is C52H62N2O4. The highest BCUT2D eigenvalue weighted by atomic mass is 16.2. The predicted molar refractivity (Wildman–Crippen MR) is 236 cm³/mol. The number of imide groups is 2. The molecule has 58 heavy (non-hydrogen) atoms. The van der Waals surface area contributed by atoms with E-state index in [0.717, 1.165) is 70.8 Å². The van der Waals surface area contributed by atoms with Crippen LogP contribution in [0.2, 0.25) is 0 Å². The number of amides is 4. The molecule has 4 aliphatic rings. The average molecular weight is 779 g/mol. The van der Waals surface area contributed by atoms with Gasteiger partial charge in [-0.3, -0.25) is 29.0 Å². The molecule has 2 saturated carbocycles. The third-order valence-corrected chi connectivity index (χ3v) is 15.7. The van der Waals surface area contributed by atoms with Crippen molar-refractivity contribution in [3.8, 4) is 0 Å². The van der Waals surface area contributed by atoms with Gasteiger partial charge < -0.3 is 0 Å². The summed E-state index contributed by atoms with van der Waals surface area (Å²) in [6.07, 6.45) is 5.77. The van der Waals surface area contributed by atoms with Crippen LogP contribution in [-0.2, 0) is 0 Å². The molecule has 0 saturated heterocycles. The summed E-state index contributed by atoms with van der Waals surface area (Å²) < 4.78 is 0. The van der Waals surface area contributed by atoms with Gasteiger partial charge in [0, 0.05) is 45.1 Å². The SMILES string of the molecule is CC(C)(C)C1CCC(C(C)(C)C)C(N2C(=O)c3ccc4c5ccc6c7c(ccc(c8ccc(c3c48)C2=O)c75)C(=O)N(C2CC(C(C)(C)C)CCC2C(C)(C)C)C6=O)C1. The summed E-state index contributed by atoms with van der Waals surface area (Å²) in [4.78, 5) is 62.7. The molecule has 0 bridgehead atoms. The minimum Gasteiger partial charge on any atom is -0.271 e. The number of nitrogens with zero attached hydrogens (tertiary/aromatic N) is 2. The molecular weight excluding hydrogens is 717 g/mol. The van der Waals surface area contributed by atoms with E-state index < -0.39 is 0 Å². The van der Waals surface area contributed by atoms with Crippen LogP contribution >= 0.6 is 0 Å². The molecule has 0 radical (unpaired) electrons. The predicted octanol–water partition coefficient (Wildman–Crippen LogP) is 12.7. The second kappa shape index (κ2) is 12.6. The van der Waals surface area contributed by atoms with Crippen LogP contribution < -0.4 is 0 Å². The Hall–Kier alpha value is -4.32. The number of hydrogen-bond acceptors (Lipinski definition) is 4. The maximum atomic E-state index is 14.9. The van der Waals surface area contributed by atoms with Gasteiger partial charge >= 0.3 is 0 Å². The van der Waals surface area contributed by atoms with Gasteiger partial charge in [0.2, 0.25) is 0 Å². The molecule has 6 heteroatoms. The lowest BCUT2D eigenvalue weighted by Crippen LogP contribution is -2.55. The van der Waals surface area contributed by atoms with Crippen molar-refractivity contribution in [2.75, 3.05) is 0 Å². The van der Waals surface area contributed by atoms with E-state index in [2.05, 4.69) is 83.1 Å². The zero-order chi connectivity index (χ0) is 41.8. The lowest BCUT2D eigenvalue weighted by molar-refractivity contribution is 0.00317. The van der Waals surface area contributed by atoms with E-state index >= 15 is 0 Å². The highest BCUT2D eigenvalue weighted by Crippen LogP contribution is 2.52. The number of hydrogen-bond donors (Lipinski definition) is 0. The Kier molecular flexibility index (Phi) is 8.51. The van der Waals surface area contributed by atoms with E-state index in [9.17, 15) is 19.2 Å². The summed E-state index contributed by atoms with van der Waals surface area (Å²) in [7, 11) is 0. The standard InChI is InChI=1S/C52H62N2O4/c1-49(2,3)27-13-23-37(51(7,8)9)39(25-27)53-45(55)33-19-15-29-31-17-21-35-44-36(22-18-32(42(31)44)30-16-20-34(46(53)56)43(33)41(29)30)48(58)54(47(35)57)40-26-28(50(4,5)6)14-24-38(40)52(10,11)12/h15-22,27-28,37-40H,13-14,23-26H2,1-12H3. The highest BCUT2D eigenvalue weighted by Gasteiger charge is 2.50. The van der Waals surface area contributed by atoms with Crippen LogP contribution in [-0.4, -0.2) is 45.5 Å². The zero-order valence-electron chi connectivity index (χ0n) is 36.9. The van der Waals surface area contributed by atoms with Gasteiger partial charge in [0.25, 0.3) is 23.6 Å². The van der Waals surface area contributed by atoms with Crippen LogP contribution in [0.1, 0.15) is 163 Å². The molecule has 0 N–H and O–H groups in total. The average Bonchev–Trinajstić information content (AvgIpc) is 3.14. The van der Waals surface area contributed by atoms with Gasteiger partial charge in [-0.2, -0.15) is 0 Å². The molecule has 6 atom stereocenters. The van der Waals surface area contributed by atoms with Crippen molar-refractivity contribution in [2.45, 2.75) is 134 Å². The highest BCUT2D eigenvalue weighted by molar-refractivity contribution is 6.41. The molecule has 2 aliphatic heterocycles. The first-order valence-electron chi connectivity index (χ1n) is 22.0. The lowest BCUT2D eigenvalue weighted by Gasteiger charge is -2.50. The molecule has 0 spiro atoms. The van der Waals surface area contributed by atoms with Gasteiger partial charge in [0.1, 0.15) is 0 Å². The molecule has 2 aliphatic carbocycles. The van der Waals surface area contributed by atoms with E-state index in [4.69, 9.17) is 0 Å². The van der Waals surface area contributed by atoms with Crippen molar-refractivity contribution in [3.05, 3.63) is 70.8 Å². The van der Waals surface area contributed by atoms with Gasteiger partial charge in [-0.1, -0.05) is 107 Å². The van der Waals surface area contributed by atoms with E-state index in [1.807, 2.05) is 48.5 Å². The van der Waals surface area contributed by atoms with Gasteiger partial charge in [0.15, 0.2) is 0 Å². The van der Waals surface area contributed by atoms with Gasteiger partial charge in [-0.05, 0) is 140 Å². The van der Waals surface area contributed by atoms with E-state index in [0.29, 0.717) is 44.9 Å². The second-order valence-corrected chi connectivity index (χ2v) is 22.9. The van der Waals surface area contributed by atoms with Gasteiger partial charge in [0.05, 0.1) is 0 Å². The Morgan fingerprint density at radius 3 is 0.897 bits per heavy atom. The van der Waals surface area contributed by atoms with Crippen molar-refractivity contribution < 1.29 is 19.2 Å². The van der Waals surface area contributed by atoms with Crippen LogP contribution in [0, 0.1) is 45.3 Å². The maximum absolute atomic E-state index is 14.9. The molecule has 304 valence electrons. The van der Waals surface area contributed by atoms with Crippen molar-refractivity contribution in [1.29, 1.82) is 0 Å². The number of benzene rings is 5. The normalized spacial score (nSPS) is 26.3. The summed E-state index contributed by atoms with van der Waals surface area (Å²) in [5.74, 6) is 0.387. The number of rotatable bonds is 2. The largest absolute Gasteiger partial charge is 0.271 e. The van der Waals surface area contributed by atoms with Crippen molar-refractivity contribution >= 4 is 66.7 Å². The molecule has 6 nitrogen and oxygen atoms in total. The molecule has 0 aromatic heterocycles. The molecule has 6 unspecified atom stereocenters. The summed E-state index contributed by atoms with van der Waals surface area (Å²) in [6.45, 7) is 27.1. The van der Waals surface area contributed by atoms with Crippen LogP contribution in [0.25, 0.3) is 43.1 Å². The third-order valence-electron chi connectivity index (χ3n) is 15.7. The van der Waals surface area contributed by atoms with Gasteiger partial charge in [-0.25, -0.2) is 0 Å². The molecule has 5 aromatic rings. The van der Waals surface area contributed by atoms with Gasteiger partial charge in [-0.15, -0.1) is 0 Å². The number of carbonyl (C=O) groups excluding carboxylic acids is 4. The van der Waals surface area contributed by atoms with Crippen molar-refractivity contribution in [3.63, 3.8) is 0 Å². The summed E-state index contributed by atoms with van der Waals surface area (Å²) in [6, 6.07) is 15.4. The monoisotopic (exact) mass is 778 g/mol. The summed E-state index contributed by atoms with van der Waals surface area (Å²) >= 11 is 0. The Balaban J connectivity index is 1.19. The first-order chi connectivity index (χ1) is 27.0. The maximum Gasteiger partial charge on any atom is 0.261 e. The van der Waals surface area contributed by atoms with Crippen LogP contribution in [0.4, 0.5) is 0 Å². The van der Waals surface area contributed by atoms with E-state index in [1.54, 1.807) is 9.80 Å². The fourth-order valence-electron chi connectivity index (χ4n) is 12.4. The smallest absolute Gasteiger partial charge is 0.261 e. The fraction of sp³-hybridized carbons (Fsp3) is 0.538. The Morgan fingerprint density at radius 1 is 0.379 bits per heavy atom. The van der Waals surface area contributed by atoms with E-state index in [1.165, 1.54) is 0 Å². The Labute approximate surface area is 344 Å². The zero-order valence-corrected chi connectivity index (χ0v) is 36.9. The van der Waals surface area contributed by atoms with E-state index in [-0.39, 0.29) is 69.2 Å². The summed E-state index contributed by atoms with van der Waals surface area (Å²) in [5, 5.41) is 6.93. The molecule has 4 amide bonds. The molecule has 2 fully saturated rings. The molecule has 5 aromatic carbocycles. The molecule has 9 rings (SSSR count). The second-order valence-electron chi connectivity index (χ2n) is 22.9. The fourth-order valence-corrected chi connectivity index (χ4v) is 12.4. The Bertz CT molecular complexity index is 2290. The topological polar surface area (TPSA) is 74.8 Å². The molecule has 2 heterocycles. The minimum absolute atomic E-state index is 0.0692. The quantitative estimate of drug-likeness (QED) is 0.102. The van der Waals surface area contributed by atoms with Crippen LogP contribution in [0.15, 0.2) is 48.5 Å². The lowest BCUT2D eigenvalue weighted by atomic mass is 9.61. The van der Waals surface area contributed by atoms with Crippen molar-refractivity contribution in [1.82, 2.24) is 9.80 Å². The number of carbonyl (C=O) groups is 4. The third kappa shape index (κ3) is 5.62. The van der Waals surface area contributed by atoms with Crippen LogP contribution in [0.3, 0.4) is 0 Å². The summed E-state index contributed by atoms with van der Waals surface area (Å²) in [5.41, 5.74) is 2.31. The van der Waals surface area contributed by atoms with Crippen molar-refractivity contribution in [2.24, 2.45) is 45.3 Å². The first-order valence-corrected chi connectivity index (χ1v) is 22.0. The number of fused-ring (bicyclic) bond motifs is 2. The minimum atomic E-state index is -0.202. The first kappa shape index (κ1) is 39.2. The van der Waals surface area contributed by atoms with Crippen LogP contribution in [0.5, 0.6) is 0 Å². The Morgan fingerprint density at radius 2 is 0.655 bits per heavy atom.